The number of hydrogen-bond donors (Lipinski definition) is 0. The van der Waals surface area contributed by atoms with Crippen LogP contribution in [0.3, 0.4) is 0 Å². The molecule has 1 unspecified atom stereocenters. The van der Waals surface area contributed by atoms with Gasteiger partial charge in [-0.2, -0.15) is 0 Å². The number of carbonyl (C=O) groups excluding carboxylic acids is 2. The monoisotopic (exact) mass is 200 g/mol. The van der Waals surface area contributed by atoms with E-state index in [1.165, 1.54) is 6.92 Å². The molecule has 0 aliphatic carbocycles. The van der Waals surface area contributed by atoms with Crippen molar-refractivity contribution in [3.63, 3.8) is 0 Å². The number of rotatable bonds is 5. The van der Waals surface area contributed by atoms with E-state index in [4.69, 9.17) is 4.74 Å². The van der Waals surface area contributed by atoms with Crippen LogP contribution in [-0.2, 0) is 14.3 Å². The number of ketones is 1. The molecule has 0 aliphatic rings. The first kappa shape index (κ1) is 13.1. The molecule has 0 fully saturated rings. The summed E-state index contributed by atoms with van der Waals surface area (Å²) in [5.41, 5.74) is -0.674. The Hall–Kier alpha value is -0.860. The molecule has 0 aromatic rings. The van der Waals surface area contributed by atoms with Crippen LogP contribution >= 0.6 is 0 Å². The second-order valence-corrected chi connectivity index (χ2v) is 4.37. The Balaban J connectivity index is 4.21. The Morgan fingerprint density at radius 3 is 2.21 bits per heavy atom. The van der Waals surface area contributed by atoms with Gasteiger partial charge >= 0.3 is 5.97 Å². The minimum Gasteiger partial charge on any atom is -0.459 e. The van der Waals surface area contributed by atoms with Crippen molar-refractivity contribution in [1.82, 2.24) is 0 Å². The first-order valence-electron chi connectivity index (χ1n) is 5.00. The third-order valence-corrected chi connectivity index (χ3v) is 2.07. The quantitative estimate of drug-likeness (QED) is 0.640. The molecule has 14 heavy (non-hydrogen) atoms. The SMILES string of the molecule is CCC(C)C(=O)OC(C)(C)CC(C)=O. The zero-order chi connectivity index (χ0) is 11.4. The molecule has 0 heterocycles. The van der Waals surface area contributed by atoms with Crippen LogP contribution in [0, 0.1) is 5.92 Å². The molecule has 1 atom stereocenters. The van der Waals surface area contributed by atoms with Crippen molar-refractivity contribution in [2.75, 3.05) is 0 Å². The van der Waals surface area contributed by atoms with Crippen LogP contribution in [0.1, 0.15) is 47.5 Å². The van der Waals surface area contributed by atoms with Crippen LogP contribution in [0.5, 0.6) is 0 Å². The number of hydrogen-bond acceptors (Lipinski definition) is 3. The van der Waals surface area contributed by atoms with Gasteiger partial charge in [0.2, 0.25) is 0 Å². The van der Waals surface area contributed by atoms with E-state index in [9.17, 15) is 9.59 Å². The smallest absolute Gasteiger partial charge is 0.309 e. The van der Waals surface area contributed by atoms with Crippen molar-refractivity contribution in [2.45, 2.75) is 53.1 Å². The van der Waals surface area contributed by atoms with Gasteiger partial charge < -0.3 is 4.74 Å². The predicted molar refractivity (Wildman–Crippen MR) is 54.9 cm³/mol. The normalized spacial score (nSPS) is 13.5. The predicted octanol–water partition coefficient (Wildman–Crippen LogP) is 2.33. The van der Waals surface area contributed by atoms with Gasteiger partial charge in [-0.3, -0.25) is 9.59 Å². The van der Waals surface area contributed by atoms with Crippen LogP contribution in [0.2, 0.25) is 0 Å². The zero-order valence-corrected chi connectivity index (χ0v) is 9.72. The highest BCUT2D eigenvalue weighted by Crippen LogP contribution is 2.18. The molecule has 3 nitrogen and oxygen atoms in total. The lowest BCUT2D eigenvalue weighted by Crippen LogP contribution is -2.32. The fourth-order valence-electron chi connectivity index (χ4n) is 1.18. The highest BCUT2D eigenvalue weighted by atomic mass is 16.6. The summed E-state index contributed by atoms with van der Waals surface area (Å²) in [6.07, 6.45) is 1.03. The van der Waals surface area contributed by atoms with E-state index in [1.807, 2.05) is 13.8 Å². The standard InChI is InChI=1S/C11H20O3/c1-6-8(2)10(13)14-11(4,5)7-9(3)12/h8H,6-7H2,1-5H3. The van der Waals surface area contributed by atoms with Crippen LogP contribution in [0.25, 0.3) is 0 Å². The molecule has 0 radical (unpaired) electrons. The lowest BCUT2D eigenvalue weighted by atomic mass is 10.0. The van der Waals surface area contributed by atoms with Gasteiger partial charge in [-0.05, 0) is 27.2 Å². The van der Waals surface area contributed by atoms with Gasteiger partial charge in [0.25, 0.3) is 0 Å². The maximum Gasteiger partial charge on any atom is 0.309 e. The molecule has 0 saturated carbocycles. The van der Waals surface area contributed by atoms with Crippen molar-refractivity contribution in [3.05, 3.63) is 0 Å². The van der Waals surface area contributed by atoms with Gasteiger partial charge in [-0.15, -0.1) is 0 Å². The average molecular weight is 200 g/mol. The fourth-order valence-corrected chi connectivity index (χ4v) is 1.18. The minimum absolute atomic E-state index is 0.0342. The Morgan fingerprint density at radius 2 is 1.86 bits per heavy atom. The first-order chi connectivity index (χ1) is 6.28. The summed E-state index contributed by atoms with van der Waals surface area (Å²) in [5.74, 6) is -0.285. The van der Waals surface area contributed by atoms with Crippen LogP contribution < -0.4 is 0 Å². The number of esters is 1. The minimum atomic E-state index is -0.674. The lowest BCUT2D eigenvalue weighted by molar-refractivity contribution is -0.162. The molecule has 0 bridgehead atoms. The average Bonchev–Trinajstić information content (AvgIpc) is 1.99. The van der Waals surface area contributed by atoms with E-state index in [0.717, 1.165) is 6.42 Å². The van der Waals surface area contributed by atoms with Gasteiger partial charge in [0.15, 0.2) is 0 Å². The zero-order valence-electron chi connectivity index (χ0n) is 9.72. The third-order valence-electron chi connectivity index (χ3n) is 2.07. The van der Waals surface area contributed by atoms with E-state index in [1.54, 1.807) is 13.8 Å². The Bertz CT molecular complexity index is 219. The molecule has 0 N–H and O–H groups in total. The Labute approximate surface area is 85.8 Å². The van der Waals surface area contributed by atoms with Crippen molar-refractivity contribution >= 4 is 11.8 Å². The molecular weight excluding hydrogens is 180 g/mol. The van der Waals surface area contributed by atoms with E-state index >= 15 is 0 Å². The Morgan fingerprint density at radius 1 is 1.36 bits per heavy atom. The van der Waals surface area contributed by atoms with E-state index in [-0.39, 0.29) is 24.1 Å². The summed E-state index contributed by atoms with van der Waals surface area (Å²) in [6, 6.07) is 0. The Kier molecular flexibility index (Phi) is 4.81. The topological polar surface area (TPSA) is 43.4 Å². The van der Waals surface area contributed by atoms with E-state index in [0.29, 0.717) is 0 Å². The van der Waals surface area contributed by atoms with E-state index < -0.39 is 5.60 Å². The molecule has 3 heteroatoms. The second-order valence-electron chi connectivity index (χ2n) is 4.37. The molecule has 0 amide bonds. The second kappa shape index (κ2) is 5.13. The highest BCUT2D eigenvalue weighted by molar-refractivity contribution is 5.78. The molecule has 0 aromatic carbocycles. The number of carbonyl (C=O) groups is 2. The number of Topliss-reactive ketones (excluding diaryl/α,β-unsaturated/α-hetero) is 1. The van der Waals surface area contributed by atoms with Crippen molar-refractivity contribution in [2.24, 2.45) is 5.92 Å². The fraction of sp³-hybridized carbons (Fsp3) is 0.818. The highest BCUT2D eigenvalue weighted by Gasteiger charge is 2.26. The molecule has 0 rings (SSSR count). The molecule has 0 spiro atoms. The van der Waals surface area contributed by atoms with Gasteiger partial charge in [-0.1, -0.05) is 13.8 Å². The van der Waals surface area contributed by atoms with Crippen LogP contribution in [0.4, 0.5) is 0 Å². The largest absolute Gasteiger partial charge is 0.459 e. The summed E-state index contributed by atoms with van der Waals surface area (Å²) in [6.45, 7) is 8.78. The van der Waals surface area contributed by atoms with Gasteiger partial charge in [0, 0.05) is 6.42 Å². The van der Waals surface area contributed by atoms with Gasteiger partial charge in [0.05, 0.1) is 5.92 Å². The summed E-state index contributed by atoms with van der Waals surface area (Å²) >= 11 is 0. The molecule has 0 saturated heterocycles. The summed E-state index contributed by atoms with van der Waals surface area (Å²) in [7, 11) is 0. The lowest BCUT2D eigenvalue weighted by Gasteiger charge is -2.25. The van der Waals surface area contributed by atoms with Crippen LogP contribution in [0.15, 0.2) is 0 Å². The van der Waals surface area contributed by atoms with E-state index in [2.05, 4.69) is 0 Å². The third kappa shape index (κ3) is 5.00. The summed E-state index contributed by atoms with van der Waals surface area (Å²) in [5, 5.41) is 0. The van der Waals surface area contributed by atoms with Crippen molar-refractivity contribution in [1.29, 1.82) is 0 Å². The first-order valence-corrected chi connectivity index (χ1v) is 5.00. The molecular formula is C11H20O3. The maximum absolute atomic E-state index is 11.4. The van der Waals surface area contributed by atoms with Crippen molar-refractivity contribution in [3.8, 4) is 0 Å². The van der Waals surface area contributed by atoms with Crippen molar-refractivity contribution < 1.29 is 14.3 Å². The number of ether oxygens (including phenoxy) is 1. The van der Waals surface area contributed by atoms with Crippen LogP contribution in [-0.4, -0.2) is 17.4 Å². The summed E-state index contributed by atoms with van der Waals surface area (Å²) in [4.78, 5) is 22.3. The molecule has 82 valence electrons. The summed E-state index contributed by atoms with van der Waals surface area (Å²) < 4.78 is 5.24. The van der Waals surface area contributed by atoms with Gasteiger partial charge in [-0.25, -0.2) is 0 Å². The molecule has 0 aromatic heterocycles. The maximum atomic E-state index is 11.4. The van der Waals surface area contributed by atoms with Gasteiger partial charge in [0.1, 0.15) is 11.4 Å². The molecule has 0 aliphatic heterocycles.